The van der Waals surface area contributed by atoms with E-state index in [1.165, 1.54) is 51.4 Å². The lowest BCUT2D eigenvalue weighted by Crippen LogP contribution is -2.30. The zero-order valence-corrected chi connectivity index (χ0v) is 36.8. The van der Waals surface area contributed by atoms with Gasteiger partial charge in [0.1, 0.15) is 13.2 Å². The van der Waals surface area contributed by atoms with E-state index in [9.17, 15) is 14.4 Å². The lowest BCUT2D eigenvalue weighted by Gasteiger charge is -2.18. The van der Waals surface area contributed by atoms with Crippen molar-refractivity contribution in [2.45, 2.75) is 207 Å². The van der Waals surface area contributed by atoms with Crippen molar-refractivity contribution in [2.75, 3.05) is 13.2 Å². The van der Waals surface area contributed by atoms with Gasteiger partial charge in [0, 0.05) is 19.3 Å². The summed E-state index contributed by atoms with van der Waals surface area (Å²) in [5.74, 6) is -0.967. The van der Waals surface area contributed by atoms with Gasteiger partial charge in [0.05, 0.1) is 0 Å². The first-order valence-corrected chi connectivity index (χ1v) is 23.1. The molecule has 0 N–H and O–H groups in total. The molecule has 0 bridgehead atoms. The first-order chi connectivity index (χ1) is 28.0. The van der Waals surface area contributed by atoms with Gasteiger partial charge >= 0.3 is 17.9 Å². The van der Waals surface area contributed by atoms with Crippen molar-refractivity contribution in [3.8, 4) is 0 Å². The lowest BCUT2D eigenvalue weighted by atomic mass is 10.1. The number of ether oxygens (including phenoxy) is 3. The van der Waals surface area contributed by atoms with Gasteiger partial charge in [-0.05, 0) is 96.3 Å². The van der Waals surface area contributed by atoms with Gasteiger partial charge in [0.2, 0.25) is 0 Å². The van der Waals surface area contributed by atoms with Crippen molar-refractivity contribution in [1.29, 1.82) is 0 Å². The highest BCUT2D eigenvalue weighted by molar-refractivity contribution is 5.71. The molecule has 0 aliphatic rings. The van der Waals surface area contributed by atoms with E-state index in [4.69, 9.17) is 14.2 Å². The van der Waals surface area contributed by atoms with Gasteiger partial charge < -0.3 is 14.2 Å². The second kappa shape index (κ2) is 45.3. The van der Waals surface area contributed by atoms with Crippen LogP contribution in [0.3, 0.4) is 0 Å². The Morgan fingerprint density at radius 3 is 1.16 bits per heavy atom. The van der Waals surface area contributed by atoms with Crippen LogP contribution in [0.4, 0.5) is 0 Å². The maximum atomic E-state index is 12.7. The molecule has 0 spiro atoms. The summed E-state index contributed by atoms with van der Waals surface area (Å²) in [5.41, 5.74) is 0. The van der Waals surface area contributed by atoms with Crippen LogP contribution in [0.5, 0.6) is 0 Å². The SMILES string of the molecule is CC/C=C\C/C=C\C/C=C\C/C=C\C/C=C\C/C=C\CCCCC(=O)OCC(COC(=O)CCCCCCCC)OC(=O)CCCCCCC/C=C\CCCCC. The zero-order chi connectivity index (χ0) is 41.5. The molecule has 0 saturated carbocycles. The average molecular weight is 793 g/mol. The Bertz CT molecular complexity index is 1140. The maximum absolute atomic E-state index is 12.7. The highest BCUT2D eigenvalue weighted by Gasteiger charge is 2.19. The molecule has 0 aromatic rings. The number of carbonyl (C=O) groups excluding carboxylic acids is 3. The summed E-state index contributed by atoms with van der Waals surface area (Å²) in [6.07, 6.45) is 57.3. The van der Waals surface area contributed by atoms with Crippen LogP contribution >= 0.6 is 0 Å². The monoisotopic (exact) mass is 793 g/mol. The number of hydrogen-bond acceptors (Lipinski definition) is 6. The van der Waals surface area contributed by atoms with Crippen LogP contribution in [-0.4, -0.2) is 37.2 Å². The molecule has 0 rings (SSSR count). The summed E-state index contributed by atoms with van der Waals surface area (Å²) in [5, 5.41) is 0. The van der Waals surface area contributed by atoms with Crippen LogP contribution in [0.1, 0.15) is 201 Å². The first-order valence-electron chi connectivity index (χ1n) is 23.1. The number of rotatable bonds is 40. The molecule has 0 fully saturated rings. The van der Waals surface area contributed by atoms with E-state index in [1.54, 1.807) is 0 Å². The fraction of sp³-hybridized carbons (Fsp3) is 0.667. The van der Waals surface area contributed by atoms with Gasteiger partial charge in [0.15, 0.2) is 6.10 Å². The molecule has 0 heterocycles. The molecule has 57 heavy (non-hydrogen) atoms. The second-order valence-electron chi connectivity index (χ2n) is 14.9. The standard InChI is InChI=1S/C51H84O6/c1-4-7-10-13-16-18-20-22-23-24-25-26-27-28-29-30-32-33-35-38-41-44-50(53)56-47-48(46-55-49(52)43-40-37-15-12-9-6-3)57-51(54)45-42-39-36-34-31-21-19-17-14-11-8-5-2/h7,10,16-19,22-23,25-26,28-29,32-33,48H,4-6,8-9,11-15,20-21,24,27,30-31,34-47H2,1-3H3/b10-7-,18-16-,19-17-,23-22-,26-25-,29-28-,33-32-. The van der Waals surface area contributed by atoms with E-state index < -0.39 is 6.10 Å². The van der Waals surface area contributed by atoms with Crippen molar-refractivity contribution in [2.24, 2.45) is 0 Å². The molecule has 0 aromatic heterocycles. The molecule has 1 atom stereocenters. The molecule has 0 amide bonds. The van der Waals surface area contributed by atoms with E-state index >= 15 is 0 Å². The molecule has 6 heteroatoms. The van der Waals surface area contributed by atoms with Crippen molar-refractivity contribution >= 4 is 17.9 Å². The fourth-order valence-corrected chi connectivity index (χ4v) is 5.91. The smallest absolute Gasteiger partial charge is 0.306 e. The maximum Gasteiger partial charge on any atom is 0.306 e. The van der Waals surface area contributed by atoms with Crippen molar-refractivity contribution in [1.82, 2.24) is 0 Å². The number of hydrogen-bond donors (Lipinski definition) is 0. The quantitative estimate of drug-likeness (QED) is 0.0266. The van der Waals surface area contributed by atoms with Gasteiger partial charge in [-0.15, -0.1) is 0 Å². The van der Waals surface area contributed by atoms with Gasteiger partial charge in [-0.3, -0.25) is 14.4 Å². The third-order valence-corrected chi connectivity index (χ3v) is 9.38. The van der Waals surface area contributed by atoms with Crippen LogP contribution < -0.4 is 0 Å². The normalized spacial score (nSPS) is 12.8. The second-order valence-corrected chi connectivity index (χ2v) is 14.9. The number of esters is 3. The van der Waals surface area contributed by atoms with E-state index in [-0.39, 0.29) is 31.1 Å². The largest absolute Gasteiger partial charge is 0.462 e. The fourth-order valence-electron chi connectivity index (χ4n) is 5.91. The van der Waals surface area contributed by atoms with Gasteiger partial charge in [-0.1, -0.05) is 170 Å². The number of carbonyl (C=O) groups is 3. The van der Waals surface area contributed by atoms with Crippen LogP contribution in [0.15, 0.2) is 85.1 Å². The predicted molar refractivity (Wildman–Crippen MR) is 242 cm³/mol. The summed E-state index contributed by atoms with van der Waals surface area (Å²) in [6.45, 7) is 6.37. The Hall–Kier alpha value is -3.41. The van der Waals surface area contributed by atoms with Gasteiger partial charge in [0.25, 0.3) is 0 Å². The van der Waals surface area contributed by atoms with Crippen LogP contribution in [0, 0.1) is 0 Å². The molecule has 0 aliphatic heterocycles. The van der Waals surface area contributed by atoms with Crippen LogP contribution in [0.25, 0.3) is 0 Å². The summed E-state index contributed by atoms with van der Waals surface area (Å²) in [6, 6.07) is 0. The summed E-state index contributed by atoms with van der Waals surface area (Å²) in [4.78, 5) is 37.5. The summed E-state index contributed by atoms with van der Waals surface area (Å²) in [7, 11) is 0. The highest BCUT2D eigenvalue weighted by Crippen LogP contribution is 2.12. The molecule has 0 aliphatic carbocycles. The van der Waals surface area contributed by atoms with E-state index in [0.717, 1.165) is 109 Å². The third kappa shape index (κ3) is 43.6. The number of allylic oxidation sites excluding steroid dienone is 14. The van der Waals surface area contributed by atoms with Crippen molar-refractivity contribution < 1.29 is 28.6 Å². The average Bonchev–Trinajstić information content (AvgIpc) is 3.21. The minimum atomic E-state index is -0.794. The molecule has 324 valence electrons. The molecular weight excluding hydrogens is 709 g/mol. The number of unbranched alkanes of at least 4 members (excludes halogenated alkanes) is 15. The minimum absolute atomic E-state index is 0.0949. The Balaban J connectivity index is 4.34. The van der Waals surface area contributed by atoms with Crippen molar-refractivity contribution in [3.63, 3.8) is 0 Å². The Kier molecular flexibility index (Phi) is 42.6. The molecule has 0 saturated heterocycles. The van der Waals surface area contributed by atoms with Crippen LogP contribution in [0.2, 0.25) is 0 Å². The molecule has 1 unspecified atom stereocenters. The van der Waals surface area contributed by atoms with Gasteiger partial charge in [-0.25, -0.2) is 0 Å². The predicted octanol–water partition coefficient (Wildman–Crippen LogP) is 14.9. The summed E-state index contributed by atoms with van der Waals surface area (Å²) >= 11 is 0. The molecule has 6 nitrogen and oxygen atoms in total. The summed E-state index contributed by atoms with van der Waals surface area (Å²) < 4.78 is 16.6. The molecule has 0 radical (unpaired) electrons. The van der Waals surface area contributed by atoms with E-state index in [0.29, 0.717) is 19.3 Å². The zero-order valence-electron chi connectivity index (χ0n) is 36.8. The Morgan fingerprint density at radius 2 is 0.684 bits per heavy atom. The Morgan fingerprint density at radius 1 is 0.368 bits per heavy atom. The molecular formula is C51H84O6. The minimum Gasteiger partial charge on any atom is -0.462 e. The highest BCUT2D eigenvalue weighted by atomic mass is 16.6. The third-order valence-electron chi connectivity index (χ3n) is 9.38. The van der Waals surface area contributed by atoms with Crippen molar-refractivity contribution in [3.05, 3.63) is 85.1 Å². The van der Waals surface area contributed by atoms with E-state index in [2.05, 4.69) is 106 Å². The van der Waals surface area contributed by atoms with Crippen LogP contribution in [-0.2, 0) is 28.6 Å². The van der Waals surface area contributed by atoms with Gasteiger partial charge in [-0.2, -0.15) is 0 Å². The molecule has 0 aromatic carbocycles. The Labute approximate surface area is 350 Å². The lowest BCUT2D eigenvalue weighted by molar-refractivity contribution is -0.167. The topological polar surface area (TPSA) is 78.9 Å². The first kappa shape index (κ1) is 53.6. The van der Waals surface area contributed by atoms with E-state index in [1.807, 2.05) is 0 Å².